The molecule has 0 amide bonds. The minimum absolute atomic E-state index is 0. The van der Waals surface area contributed by atoms with E-state index in [1.165, 1.54) is 37.9 Å². The molecule has 2 aliphatic rings. The Labute approximate surface area is 115 Å². The molecule has 2 N–H and O–H groups in total. The van der Waals surface area contributed by atoms with Gasteiger partial charge in [-0.1, -0.05) is 6.42 Å². The molecule has 1 aromatic heterocycles. The summed E-state index contributed by atoms with van der Waals surface area (Å²) < 4.78 is 0. The van der Waals surface area contributed by atoms with E-state index in [0.29, 0.717) is 6.04 Å². The molecule has 2 fully saturated rings. The minimum atomic E-state index is 0. The first-order chi connectivity index (χ1) is 8.33. The molecule has 1 saturated heterocycles. The highest BCUT2D eigenvalue weighted by Gasteiger charge is 2.38. The van der Waals surface area contributed by atoms with Crippen LogP contribution in [0.15, 0.2) is 24.5 Å². The standard InChI is InChI=1S/C14H21N3.ClH/c15-14-3-1-2-12-9-17(10-13(12)14)8-11-4-6-16-7-5-11;/h4-7,12-14H,1-3,8-10,15H2;1H. The summed E-state index contributed by atoms with van der Waals surface area (Å²) in [7, 11) is 0. The molecule has 2 heterocycles. The molecule has 1 aliphatic carbocycles. The molecule has 4 heteroatoms. The van der Waals surface area contributed by atoms with E-state index in [4.69, 9.17) is 5.73 Å². The largest absolute Gasteiger partial charge is 0.327 e. The zero-order valence-electron chi connectivity index (χ0n) is 10.7. The van der Waals surface area contributed by atoms with Crippen LogP contribution in [0.25, 0.3) is 0 Å². The summed E-state index contributed by atoms with van der Waals surface area (Å²) >= 11 is 0. The first-order valence-corrected chi connectivity index (χ1v) is 6.70. The van der Waals surface area contributed by atoms with E-state index in [9.17, 15) is 0 Å². The molecule has 0 bridgehead atoms. The molecular weight excluding hydrogens is 246 g/mol. The number of pyridine rings is 1. The Kier molecular flexibility index (Phi) is 4.60. The third kappa shape index (κ3) is 2.85. The number of hydrogen-bond acceptors (Lipinski definition) is 3. The van der Waals surface area contributed by atoms with Crippen molar-refractivity contribution in [3.8, 4) is 0 Å². The van der Waals surface area contributed by atoms with Gasteiger partial charge in [-0.25, -0.2) is 0 Å². The number of aromatic nitrogens is 1. The fourth-order valence-corrected chi connectivity index (χ4v) is 3.48. The van der Waals surface area contributed by atoms with Crippen LogP contribution in [0.3, 0.4) is 0 Å². The maximum Gasteiger partial charge on any atom is 0.0271 e. The monoisotopic (exact) mass is 267 g/mol. The van der Waals surface area contributed by atoms with E-state index in [1.54, 1.807) is 0 Å². The number of nitrogens with zero attached hydrogens (tertiary/aromatic N) is 2. The van der Waals surface area contributed by atoms with Gasteiger partial charge in [0, 0.05) is 38.1 Å². The van der Waals surface area contributed by atoms with Crippen LogP contribution >= 0.6 is 12.4 Å². The van der Waals surface area contributed by atoms with Gasteiger partial charge in [0.2, 0.25) is 0 Å². The molecule has 18 heavy (non-hydrogen) atoms. The first kappa shape index (κ1) is 13.8. The van der Waals surface area contributed by atoms with Crippen molar-refractivity contribution in [1.82, 2.24) is 9.88 Å². The average Bonchev–Trinajstić information content (AvgIpc) is 2.74. The molecule has 0 spiro atoms. The molecule has 0 aromatic carbocycles. The van der Waals surface area contributed by atoms with Crippen molar-refractivity contribution in [2.45, 2.75) is 31.8 Å². The summed E-state index contributed by atoms with van der Waals surface area (Å²) in [6, 6.07) is 4.67. The van der Waals surface area contributed by atoms with E-state index >= 15 is 0 Å². The summed E-state index contributed by atoms with van der Waals surface area (Å²) in [6.45, 7) is 3.48. The van der Waals surface area contributed by atoms with Crippen molar-refractivity contribution in [1.29, 1.82) is 0 Å². The predicted molar refractivity (Wildman–Crippen MR) is 75.6 cm³/mol. The molecular formula is C14H22ClN3. The summed E-state index contributed by atoms with van der Waals surface area (Å²) in [6.07, 6.45) is 7.69. The third-order valence-electron chi connectivity index (χ3n) is 4.39. The van der Waals surface area contributed by atoms with Crippen LogP contribution in [-0.4, -0.2) is 29.0 Å². The molecule has 1 saturated carbocycles. The molecule has 1 aliphatic heterocycles. The lowest BCUT2D eigenvalue weighted by molar-refractivity contribution is 0.259. The van der Waals surface area contributed by atoms with E-state index < -0.39 is 0 Å². The zero-order valence-corrected chi connectivity index (χ0v) is 11.5. The zero-order chi connectivity index (χ0) is 11.7. The van der Waals surface area contributed by atoms with E-state index in [-0.39, 0.29) is 12.4 Å². The van der Waals surface area contributed by atoms with E-state index in [1.807, 2.05) is 12.4 Å². The lowest BCUT2D eigenvalue weighted by Gasteiger charge is -2.29. The Bertz CT molecular complexity index is 371. The number of fused-ring (bicyclic) bond motifs is 1. The molecule has 100 valence electrons. The Morgan fingerprint density at radius 1 is 1.22 bits per heavy atom. The molecule has 0 radical (unpaired) electrons. The van der Waals surface area contributed by atoms with Crippen LogP contribution in [0.5, 0.6) is 0 Å². The van der Waals surface area contributed by atoms with Gasteiger partial charge in [-0.3, -0.25) is 9.88 Å². The Hall–Kier alpha value is -0.640. The molecule has 3 atom stereocenters. The summed E-state index contributed by atoms with van der Waals surface area (Å²) in [5.41, 5.74) is 7.61. The number of rotatable bonds is 2. The van der Waals surface area contributed by atoms with Crippen LogP contribution in [0, 0.1) is 11.8 Å². The van der Waals surface area contributed by atoms with Gasteiger partial charge in [0.25, 0.3) is 0 Å². The number of hydrogen-bond donors (Lipinski definition) is 1. The van der Waals surface area contributed by atoms with Crippen LogP contribution in [0.2, 0.25) is 0 Å². The first-order valence-electron chi connectivity index (χ1n) is 6.70. The molecule has 3 unspecified atom stereocenters. The fraction of sp³-hybridized carbons (Fsp3) is 0.643. The SMILES string of the molecule is Cl.NC1CCCC2CN(Cc3ccncc3)CC12. The Morgan fingerprint density at radius 3 is 2.72 bits per heavy atom. The van der Waals surface area contributed by atoms with E-state index in [2.05, 4.69) is 22.0 Å². The average molecular weight is 268 g/mol. The quantitative estimate of drug-likeness (QED) is 0.892. The minimum Gasteiger partial charge on any atom is -0.327 e. The van der Waals surface area contributed by atoms with Crippen LogP contribution < -0.4 is 5.73 Å². The van der Waals surface area contributed by atoms with Crippen molar-refractivity contribution in [3.05, 3.63) is 30.1 Å². The van der Waals surface area contributed by atoms with Gasteiger partial charge < -0.3 is 5.73 Å². The Balaban J connectivity index is 0.00000120. The lowest BCUT2D eigenvalue weighted by Crippen LogP contribution is -2.38. The highest BCUT2D eigenvalue weighted by Crippen LogP contribution is 2.35. The second-order valence-corrected chi connectivity index (χ2v) is 5.57. The summed E-state index contributed by atoms with van der Waals surface area (Å²) in [4.78, 5) is 6.63. The van der Waals surface area contributed by atoms with Crippen molar-refractivity contribution in [2.75, 3.05) is 13.1 Å². The van der Waals surface area contributed by atoms with Crippen LogP contribution in [0.1, 0.15) is 24.8 Å². The highest BCUT2D eigenvalue weighted by molar-refractivity contribution is 5.85. The van der Waals surface area contributed by atoms with Gasteiger partial charge in [0.05, 0.1) is 0 Å². The van der Waals surface area contributed by atoms with Crippen molar-refractivity contribution in [3.63, 3.8) is 0 Å². The Morgan fingerprint density at radius 2 is 2.00 bits per heavy atom. The topological polar surface area (TPSA) is 42.1 Å². The second-order valence-electron chi connectivity index (χ2n) is 5.57. The normalized spacial score (nSPS) is 31.7. The number of likely N-dealkylation sites (tertiary alicyclic amines) is 1. The maximum absolute atomic E-state index is 6.24. The van der Waals surface area contributed by atoms with Crippen molar-refractivity contribution in [2.24, 2.45) is 17.6 Å². The highest BCUT2D eigenvalue weighted by atomic mass is 35.5. The van der Waals surface area contributed by atoms with Gasteiger partial charge in [-0.15, -0.1) is 12.4 Å². The van der Waals surface area contributed by atoms with Crippen molar-refractivity contribution >= 4 is 12.4 Å². The smallest absolute Gasteiger partial charge is 0.0271 e. The third-order valence-corrected chi connectivity index (χ3v) is 4.39. The van der Waals surface area contributed by atoms with Crippen LogP contribution in [0.4, 0.5) is 0 Å². The number of halogens is 1. The molecule has 3 rings (SSSR count). The maximum atomic E-state index is 6.24. The fourth-order valence-electron chi connectivity index (χ4n) is 3.48. The summed E-state index contributed by atoms with van der Waals surface area (Å²) in [5, 5.41) is 0. The summed E-state index contributed by atoms with van der Waals surface area (Å²) in [5.74, 6) is 1.59. The molecule has 3 nitrogen and oxygen atoms in total. The predicted octanol–water partition coefficient (Wildman–Crippen LogP) is 2.06. The van der Waals surface area contributed by atoms with Gasteiger partial charge in [0.1, 0.15) is 0 Å². The van der Waals surface area contributed by atoms with Gasteiger partial charge >= 0.3 is 0 Å². The van der Waals surface area contributed by atoms with Gasteiger partial charge in [0.15, 0.2) is 0 Å². The van der Waals surface area contributed by atoms with Gasteiger partial charge in [-0.2, -0.15) is 0 Å². The number of nitrogens with two attached hydrogens (primary N) is 1. The second kappa shape index (κ2) is 6.00. The lowest BCUT2D eigenvalue weighted by atomic mass is 9.78. The van der Waals surface area contributed by atoms with Crippen LogP contribution in [-0.2, 0) is 6.54 Å². The van der Waals surface area contributed by atoms with Gasteiger partial charge in [-0.05, 0) is 42.4 Å². The van der Waals surface area contributed by atoms with E-state index in [0.717, 1.165) is 18.4 Å². The van der Waals surface area contributed by atoms with Crippen molar-refractivity contribution < 1.29 is 0 Å². The molecule has 1 aromatic rings.